The van der Waals surface area contributed by atoms with E-state index < -0.39 is 24.6 Å². The molecule has 0 aliphatic carbocycles. The number of unbranched alkanes of at least 4 members (excludes halogenated alkanes) is 1. The Hall–Kier alpha value is -1.37. The van der Waals surface area contributed by atoms with E-state index in [-0.39, 0.29) is 5.56 Å². The molecule has 2 nitrogen and oxygen atoms in total. The number of rotatable bonds is 8. The molecule has 22 heavy (non-hydrogen) atoms. The van der Waals surface area contributed by atoms with Crippen molar-refractivity contribution >= 4 is 0 Å². The van der Waals surface area contributed by atoms with Gasteiger partial charge in [0.1, 0.15) is 5.75 Å². The van der Waals surface area contributed by atoms with Crippen molar-refractivity contribution in [1.29, 1.82) is 0 Å². The molecule has 7 heteroatoms. The van der Waals surface area contributed by atoms with Crippen LogP contribution in [0.25, 0.3) is 0 Å². The molecule has 1 rings (SSSR count). The maximum atomic E-state index is 13.2. The molecule has 0 heterocycles. The zero-order chi connectivity index (χ0) is 16.8. The Morgan fingerprint density at radius 3 is 2.36 bits per heavy atom. The molecule has 1 aromatic rings. The average molecular weight is 326 g/mol. The third-order valence-electron chi connectivity index (χ3n) is 3.14. The van der Waals surface area contributed by atoms with Gasteiger partial charge in [0, 0.05) is 7.11 Å². The SMILES string of the molecule is CCCCOc1cccc(C(CC(F)(F)C(F)(F)F)OC)c1. The van der Waals surface area contributed by atoms with E-state index in [0.29, 0.717) is 12.4 Å². The van der Waals surface area contributed by atoms with Gasteiger partial charge in [0.2, 0.25) is 0 Å². The van der Waals surface area contributed by atoms with E-state index in [1.165, 1.54) is 18.2 Å². The molecule has 0 radical (unpaired) electrons. The van der Waals surface area contributed by atoms with Gasteiger partial charge in [-0.25, -0.2) is 0 Å². The molecule has 1 aromatic carbocycles. The van der Waals surface area contributed by atoms with E-state index in [2.05, 4.69) is 0 Å². The molecule has 0 saturated carbocycles. The van der Waals surface area contributed by atoms with Crippen molar-refractivity contribution in [3.05, 3.63) is 29.8 Å². The van der Waals surface area contributed by atoms with Crippen LogP contribution in [0.15, 0.2) is 24.3 Å². The lowest BCUT2D eigenvalue weighted by Gasteiger charge is -2.24. The summed E-state index contributed by atoms with van der Waals surface area (Å²) in [6.45, 7) is 2.44. The number of methoxy groups -OCH3 is 1. The van der Waals surface area contributed by atoms with Crippen molar-refractivity contribution in [3.8, 4) is 5.75 Å². The summed E-state index contributed by atoms with van der Waals surface area (Å²) in [7, 11) is 1.10. The topological polar surface area (TPSA) is 18.5 Å². The summed E-state index contributed by atoms with van der Waals surface area (Å²) in [6.07, 6.45) is -6.68. The second-order valence-corrected chi connectivity index (χ2v) is 4.91. The molecule has 0 spiro atoms. The van der Waals surface area contributed by atoms with Gasteiger partial charge < -0.3 is 9.47 Å². The van der Waals surface area contributed by atoms with Crippen molar-refractivity contribution in [2.45, 2.75) is 44.4 Å². The molecule has 1 atom stereocenters. The van der Waals surface area contributed by atoms with Crippen LogP contribution in [0.1, 0.15) is 37.9 Å². The molecular weight excluding hydrogens is 307 g/mol. The predicted molar refractivity (Wildman–Crippen MR) is 72.2 cm³/mol. The Morgan fingerprint density at radius 2 is 1.82 bits per heavy atom. The fourth-order valence-electron chi connectivity index (χ4n) is 1.82. The standard InChI is InChI=1S/C15H19F5O2/c1-3-4-8-22-12-7-5-6-11(9-12)13(21-2)10-14(16,17)15(18,19)20/h5-7,9,13H,3-4,8,10H2,1-2H3. The summed E-state index contributed by atoms with van der Waals surface area (Å²) in [5.74, 6) is -4.39. The van der Waals surface area contributed by atoms with Crippen LogP contribution in [-0.2, 0) is 4.74 Å². The first kappa shape index (κ1) is 18.7. The lowest BCUT2D eigenvalue weighted by molar-refractivity contribution is -0.291. The first-order chi connectivity index (χ1) is 10.2. The molecule has 0 saturated heterocycles. The van der Waals surface area contributed by atoms with Crippen LogP contribution in [-0.4, -0.2) is 25.8 Å². The number of hydrogen-bond donors (Lipinski definition) is 0. The van der Waals surface area contributed by atoms with Crippen molar-refractivity contribution in [2.75, 3.05) is 13.7 Å². The smallest absolute Gasteiger partial charge is 0.453 e. The fraction of sp³-hybridized carbons (Fsp3) is 0.600. The second kappa shape index (κ2) is 7.76. The lowest BCUT2D eigenvalue weighted by Crippen LogP contribution is -2.38. The predicted octanol–water partition coefficient (Wildman–Crippen LogP) is 5.14. The number of ether oxygens (including phenoxy) is 2. The Kier molecular flexibility index (Phi) is 6.59. The maximum absolute atomic E-state index is 13.2. The van der Waals surface area contributed by atoms with Crippen LogP contribution in [0.3, 0.4) is 0 Å². The molecule has 0 bridgehead atoms. The Balaban J connectivity index is 2.84. The van der Waals surface area contributed by atoms with Crippen LogP contribution in [0.4, 0.5) is 22.0 Å². The van der Waals surface area contributed by atoms with Gasteiger partial charge >= 0.3 is 12.1 Å². The van der Waals surface area contributed by atoms with Crippen LogP contribution in [0.5, 0.6) is 5.75 Å². The third kappa shape index (κ3) is 5.12. The summed E-state index contributed by atoms with van der Waals surface area (Å²) in [4.78, 5) is 0. The van der Waals surface area contributed by atoms with E-state index in [1.807, 2.05) is 6.92 Å². The molecule has 126 valence electrons. The van der Waals surface area contributed by atoms with Gasteiger partial charge in [-0.1, -0.05) is 25.5 Å². The quantitative estimate of drug-likeness (QED) is 0.486. The molecule has 1 unspecified atom stereocenters. The van der Waals surface area contributed by atoms with Crippen molar-refractivity contribution in [1.82, 2.24) is 0 Å². The zero-order valence-corrected chi connectivity index (χ0v) is 12.4. The van der Waals surface area contributed by atoms with E-state index in [0.717, 1.165) is 20.0 Å². The van der Waals surface area contributed by atoms with E-state index >= 15 is 0 Å². The molecule has 0 aliphatic rings. The molecular formula is C15H19F5O2. The highest BCUT2D eigenvalue weighted by Crippen LogP contribution is 2.42. The van der Waals surface area contributed by atoms with Crippen LogP contribution < -0.4 is 4.74 Å². The minimum atomic E-state index is -5.60. The second-order valence-electron chi connectivity index (χ2n) is 4.91. The van der Waals surface area contributed by atoms with Crippen molar-refractivity contribution < 1.29 is 31.4 Å². The van der Waals surface area contributed by atoms with Gasteiger partial charge in [-0.05, 0) is 24.1 Å². The van der Waals surface area contributed by atoms with Crippen molar-refractivity contribution in [2.24, 2.45) is 0 Å². The van der Waals surface area contributed by atoms with E-state index in [1.54, 1.807) is 6.07 Å². The fourth-order valence-corrected chi connectivity index (χ4v) is 1.82. The largest absolute Gasteiger partial charge is 0.494 e. The average Bonchev–Trinajstić information content (AvgIpc) is 2.44. The van der Waals surface area contributed by atoms with Crippen molar-refractivity contribution in [3.63, 3.8) is 0 Å². The lowest BCUT2D eigenvalue weighted by atomic mass is 10.0. The minimum absolute atomic E-state index is 0.223. The first-order valence-electron chi connectivity index (χ1n) is 6.91. The Labute approximate surface area is 126 Å². The highest BCUT2D eigenvalue weighted by atomic mass is 19.4. The van der Waals surface area contributed by atoms with Gasteiger partial charge in [0.05, 0.1) is 19.1 Å². The van der Waals surface area contributed by atoms with E-state index in [4.69, 9.17) is 9.47 Å². The number of halogens is 5. The third-order valence-corrected chi connectivity index (χ3v) is 3.14. The zero-order valence-electron chi connectivity index (χ0n) is 12.4. The minimum Gasteiger partial charge on any atom is -0.494 e. The summed E-state index contributed by atoms with van der Waals surface area (Å²) in [5, 5.41) is 0. The highest BCUT2D eigenvalue weighted by Gasteiger charge is 2.58. The number of benzene rings is 1. The molecule has 0 fully saturated rings. The molecule has 0 amide bonds. The summed E-state index contributed by atoms with van der Waals surface area (Å²) < 4.78 is 73.5. The normalized spacial score (nSPS) is 14.0. The van der Waals surface area contributed by atoms with Gasteiger partial charge in [0.25, 0.3) is 0 Å². The number of alkyl halides is 5. The Bertz CT molecular complexity index is 459. The summed E-state index contributed by atoms with van der Waals surface area (Å²) >= 11 is 0. The molecule has 0 N–H and O–H groups in total. The van der Waals surface area contributed by atoms with E-state index in [9.17, 15) is 22.0 Å². The van der Waals surface area contributed by atoms with Crippen LogP contribution in [0.2, 0.25) is 0 Å². The highest BCUT2D eigenvalue weighted by molar-refractivity contribution is 5.30. The van der Waals surface area contributed by atoms with Gasteiger partial charge in [-0.3, -0.25) is 0 Å². The monoisotopic (exact) mass is 326 g/mol. The van der Waals surface area contributed by atoms with Crippen LogP contribution in [0, 0.1) is 0 Å². The Morgan fingerprint density at radius 1 is 1.14 bits per heavy atom. The van der Waals surface area contributed by atoms with Gasteiger partial charge in [0.15, 0.2) is 0 Å². The first-order valence-corrected chi connectivity index (χ1v) is 6.91. The maximum Gasteiger partial charge on any atom is 0.453 e. The van der Waals surface area contributed by atoms with Gasteiger partial charge in [-0.2, -0.15) is 22.0 Å². The van der Waals surface area contributed by atoms with Crippen LogP contribution >= 0.6 is 0 Å². The summed E-state index contributed by atoms with van der Waals surface area (Å²) in [6, 6.07) is 6.02. The van der Waals surface area contributed by atoms with Gasteiger partial charge in [-0.15, -0.1) is 0 Å². The number of hydrogen-bond acceptors (Lipinski definition) is 2. The molecule has 0 aromatic heterocycles. The molecule has 0 aliphatic heterocycles. The summed E-state index contributed by atoms with van der Waals surface area (Å²) in [5.41, 5.74) is 0.223.